The van der Waals surface area contributed by atoms with Crippen LogP contribution in [-0.2, 0) is 13.0 Å². The summed E-state index contributed by atoms with van der Waals surface area (Å²) in [6.45, 7) is 1.97. The van der Waals surface area contributed by atoms with Crippen LogP contribution in [0, 0.1) is 0 Å². The van der Waals surface area contributed by atoms with E-state index >= 15 is 0 Å². The molecule has 0 spiro atoms. The van der Waals surface area contributed by atoms with Crippen LogP contribution < -0.4 is 10.6 Å². The molecule has 2 aliphatic rings. The minimum Gasteiger partial charge on any atom is -0.384 e. The van der Waals surface area contributed by atoms with Gasteiger partial charge >= 0.3 is 0 Å². The average molecular weight is 350 g/mol. The van der Waals surface area contributed by atoms with Crippen LogP contribution in [0.3, 0.4) is 0 Å². The van der Waals surface area contributed by atoms with Gasteiger partial charge in [-0.25, -0.2) is 15.0 Å². The number of aromatic nitrogens is 6. The highest BCUT2D eigenvalue weighted by Crippen LogP contribution is 2.37. The maximum atomic E-state index is 5.82. The molecular formula is C18H22N8. The van der Waals surface area contributed by atoms with E-state index in [0.29, 0.717) is 11.5 Å². The molecule has 0 saturated carbocycles. The molecule has 3 aromatic heterocycles. The normalized spacial score (nSPS) is 20.3. The number of anilines is 2. The third kappa shape index (κ3) is 2.48. The molecule has 2 aliphatic heterocycles. The van der Waals surface area contributed by atoms with Gasteiger partial charge in [0.1, 0.15) is 23.8 Å². The first kappa shape index (κ1) is 15.5. The Morgan fingerprint density at radius 2 is 1.96 bits per heavy atom. The van der Waals surface area contributed by atoms with E-state index in [4.69, 9.17) is 5.73 Å². The Morgan fingerprint density at radius 3 is 2.92 bits per heavy atom. The molecule has 1 atom stereocenters. The first-order valence-electron chi connectivity index (χ1n) is 9.37. The number of hydrogen-bond acceptors (Lipinski definition) is 7. The number of rotatable bonds is 2. The van der Waals surface area contributed by atoms with Crippen LogP contribution in [0.1, 0.15) is 49.8 Å². The molecule has 0 bridgehead atoms. The van der Waals surface area contributed by atoms with Crippen molar-refractivity contribution in [3.05, 3.63) is 30.1 Å². The van der Waals surface area contributed by atoms with E-state index in [0.717, 1.165) is 55.2 Å². The number of hydrogen-bond donors (Lipinski definition) is 1. The van der Waals surface area contributed by atoms with Crippen LogP contribution in [0.15, 0.2) is 18.5 Å². The molecule has 5 heterocycles. The average Bonchev–Trinajstić information content (AvgIpc) is 3.21. The summed E-state index contributed by atoms with van der Waals surface area (Å²) in [6.07, 6.45) is 8.44. The van der Waals surface area contributed by atoms with Crippen molar-refractivity contribution in [2.75, 3.05) is 17.2 Å². The zero-order chi connectivity index (χ0) is 17.5. The molecule has 5 rings (SSSR count). The van der Waals surface area contributed by atoms with Crippen molar-refractivity contribution >= 4 is 22.7 Å². The van der Waals surface area contributed by atoms with Crippen molar-refractivity contribution in [3.8, 4) is 0 Å². The Hall–Kier alpha value is -2.77. The third-order valence-electron chi connectivity index (χ3n) is 5.46. The van der Waals surface area contributed by atoms with Crippen molar-refractivity contribution < 1.29 is 0 Å². The number of pyridine rings is 1. The molecule has 1 fully saturated rings. The van der Waals surface area contributed by atoms with Crippen LogP contribution in [-0.4, -0.2) is 36.3 Å². The molecule has 26 heavy (non-hydrogen) atoms. The van der Waals surface area contributed by atoms with Crippen LogP contribution in [0.25, 0.3) is 11.0 Å². The Bertz CT molecular complexity index is 950. The minimum atomic E-state index is 0.199. The lowest BCUT2D eigenvalue weighted by atomic mass is 10.2. The predicted molar refractivity (Wildman–Crippen MR) is 98.6 cm³/mol. The summed E-state index contributed by atoms with van der Waals surface area (Å²) in [5.74, 6) is 3.60. The molecule has 2 N–H and O–H groups in total. The fraction of sp³-hybridized carbons (Fsp3) is 0.500. The van der Waals surface area contributed by atoms with Crippen molar-refractivity contribution in [2.45, 2.75) is 51.1 Å². The second-order valence-electron chi connectivity index (χ2n) is 7.09. The van der Waals surface area contributed by atoms with Gasteiger partial charge in [-0.05, 0) is 37.8 Å². The van der Waals surface area contributed by atoms with E-state index in [9.17, 15) is 0 Å². The maximum Gasteiger partial charge on any atom is 0.166 e. The summed E-state index contributed by atoms with van der Waals surface area (Å²) < 4.78 is 2.34. The van der Waals surface area contributed by atoms with E-state index in [-0.39, 0.29) is 6.04 Å². The van der Waals surface area contributed by atoms with Gasteiger partial charge in [0.05, 0.1) is 11.4 Å². The second kappa shape index (κ2) is 6.19. The number of nitrogens with zero attached hydrogens (tertiary/aromatic N) is 7. The summed E-state index contributed by atoms with van der Waals surface area (Å²) in [5.41, 5.74) is 6.46. The van der Waals surface area contributed by atoms with Crippen LogP contribution in [0.5, 0.6) is 0 Å². The van der Waals surface area contributed by atoms with Gasteiger partial charge in [0, 0.05) is 19.5 Å². The minimum absolute atomic E-state index is 0.199. The van der Waals surface area contributed by atoms with Crippen molar-refractivity contribution in [2.24, 2.45) is 0 Å². The fourth-order valence-corrected chi connectivity index (χ4v) is 4.22. The standard InChI is InChI=1S/C18H22N8/c19-14-8-7-12-16(22-14)20-11-21-17(12)25-10-4-5-13(25)18-24-23-15-6-2-1-3-9-26(15)18/h7-8,11,13H,1-6,9-10H2,(H2,19,20,21,22). The van der Waals surface area contributed by atoms with Crippen molar-refractivity contribution in [1.29, 1.82) is 0 Å². The topological polar surface area (TPSA) is 98.6 Å². The van der Waals surface area contributed by atoms with E-state index in [1.165, 1.54) is 19.3 Å². The quantitative estimate of drug-likeness (QED) is 0.757. The van der Waals surface area contributed by atoms with Gasteiger partial charge in [0.15, 0.2) is 11.5 Å². The number of aryl methyl sites for hydroxylation is 1. The molecule has 3 aromatic rings. The highest BCUT2D eigenvalue weighted by molar-refractivity contribution is 5.87. The summed E-state index contributed by atoms with van der Waals surface area (Å²) >= 11 is 0. The van der Waals surface area contributed by atoms with Gasteiger partial charge in [-0.15, -0.1) is 10.2 Å². The molecule has 8 nitrogen and oxygen atoms in total. The van der Waals surface area contributed by atoms with Gasteiger partial charge in [-0.3, -0.25) is 0 Å². The Kier molecular flexibility index (Phi) is 3.69. The van der Waals surface area contributed by atoms with Crippen LogP contribution >= 0.6 is 0 Å². The first-order valence-corrected chi connectivity index (χ1v) is 9.37. The van der Waals surface area contributed by atoms with Crippen LogP contribution in [0.2, 0.25) is 0 Å². The van der Waals surface area contributed by atoms with Crippen molar-refractivity contribution in [3.63, 3.8) is 0 Å². The largest absolute Gasteiger partial charge is 0.384 e. The highest BCUT2D eigenvalue weighted by Gasteiger charge is 2.33. The molecule has 0 amide bonds. The number of nitrogens with two attached hydrogens (primary N) is 1. The summed E-state index contributed by atoms with van der Waals surface area (Å²) in [5, 5.41) is 10.0. The molecule has 1 unspecified atom stereocenters. The SMILES string of the molecule is Nc1ccc2c(N3CCCC3c3nnc4n3CCCCC4)ncnc2n1. The molecule has 1 saturated heterocycles. The lowest BCUT2D eigenvalue weighted by molar-refractivity contribution is 0.558. The van der Waals surface area contributed by atoms with E-state index in [2.05, 4.69) is 34.6 Å². The highest BCUT2D eigenvalue weighted by atomic mass is 15.3. The van der Waals surface area contributed by atoms with E-state index < -0.39 is 0 Å². The monoisotopic (exact) mass is 350 g/mol. The molecule has 134 valence electrons. The molecule has 0 radical (unpaired) electrons. The lowest BCUT2D eigenvalue weighted by Gasteiger charge is -2.26. The number of nitrogen functional groups attached to an aromatic ring is 1. The second-order valence-corrected chi connectivity index (χ2v) is 7.09. The Balaban J connectivity index is 1.57. The fourth-order valence-electron chi connectivity index (χ4n) is 4.22. The zero-order valence-electron chi connectivity index (χ0n) is 14.7. The van der Waals surface area contributed by atoms with Gasteiger partial charge in [0.25, 0.3) is 0 Å². The molecule has 8 heteroatoms. The Morgan fingerprint density at radius 1 is 1.00 bits per heavy atom. The van der Waals surface area contributed by atoms with Gasteiger partial charge in [0.2, 0.25) is 0 Å². The van der Waals surface area contributed by atoms with E-state index in [1.54, 1.807) is 6.33 Å². The third-order valence-corrected chi connectivity index (χ3v) is 5.46. The van der Waals surface area contributed by atoms with Gasteiger partial charge < -0.3 is 15.2 Å². The summed E-state index contributed by atoms with van der Waals surface area (Å²) in [4.78, 5) is 15.6. The van der Waals surface area contributed by atoms with Crippen molar-refractivity contribution in [1.82, 2.24) is 29.7 Å². The Labute approximate surface area is 151 Å². The molecular weight excluding hydrogens is 328 g/mol. The van der Waals surface area contributed by atoms with E-state index in [1.807, 2.05) is 12.1 Å². The summed E-state index contributed by atoms with van der Waals surface area (Å²) in [6, 6.07) is 3.97. The molecule has 0 aliphatic carbocycles. The zero-order valence-corrected chi connectivity index (χ0v) is 14.7. The van der Waals surface area contributed by atoms with Gasteiger partial charge in [-0.2, -0.15) is 0 Å². The van der Waals surface area contributed by atoms with Crippen LogP contribution in [0.4, 0.5) is 11.6 Å². The summed E-state index contributed by atoms with van der Waals surface area (Å²) in [7, 11) is 0. The number of fused-ring (bicyclic) bond motifs is 2. The smallest absolute Gasteiger partial charge is 0.166 e. The predicted octanol–water partition coefficient (Wildman–Crippen LogP) is 2.27. The maximum absolute atomic E-state index is 5.82. The molecule has 0 aromatic carbocycles. The van der Waals surface area contributed by atoms with Gasteiger partial charge in [-0.1, -0.05) is 6.42 Å². The first-order chi connectivity index (χ1) is 12.8. The lowest BCUT2D eigenvalue weighted by Crippen LogP contribution is -2.26.